The van der Waals surface area contributed by atoms with Crippen LogP contribution >= 0.6 is 11.6 Å². The average molecular weight is 481 g/mol. The zero-order valence-corrected chi connectivity index (χ0v) is 18.2. The molecular formula is C22H20ClF3N4O3. The number of nitrogens with zero attached hydrogens (tertiary/aromatic N) is 4. The molecular weight excluding hydrogens is 461 g/mol. The second-order valence-electron chi connectivity index (χ2n) is 8.44. The van der Waals surface area contributed by atoms with Crippen LogP contribution in [0, 0.1) is 16.7 Å². The van der Waals surface area contributed by atoms with Crippen LogP contribution < -0.4 is 0 Å². The first kappa shape index (κ1) is 23.3. The molecule has 1 amide bonds. The second kappa shape index (κ2) is 8.80. The molecule has 2 aliphatic rings. The van der Waals surface area contributed by atoms with Crippen LogP contribution in [0.4, 0.5) is 13.2 Å². The quantitative estimate of drug-likeness (QED) is 0.569. The van der Waals surface area contributed by atoms with Crippen LogP contribution in [0.25, 0.3) is 11.3 Å². The van der Waals surface area contributed by atoms with Crippen molar-refractivity contribution in [3.8, 4) is 17.3 Å². The van der Waals surface area contributed by atoms with E-state index in [1.165, 1.54) is 15.6 Å². The maximum absolute atomic E-state index is 13.1. The van der Waals surface area contributed by atoms with Crippen molar-refractivity contribution in [2.75, 3.05) is 26.3 Å². The number of amides is 1. The van der Waals surface area contributed by atoms with Crippen molar-refractivity contribution >= 4 is 23.3 Å². The first-order valence-electron chi connectivity index (χ1n) is 10.3. The maximum Gasteiger partial charge on any atom is 0.411 e. The number of ketones is 1. The lowest BCUT2D eigenvalue weighted by Gasteiger charge is -2.33. The van der Waals surface area contributed by atoms with Crippen LogP contribution in [-0.2, 0) is 9.53 Å². The number of carbonyl (C=O) groups is 2. The molecule has 1 aliphatic carbocycles. The molecule has 0 N–H and O–H groups in total. The highest BCUT2D eigenvalue weighted by atomic mass is 35.5. The third-order valence-electron chi connectivity index (χ3n) is 5.73. The van der Waals surface area contributed by atoms with Crippen molar-refractivity contribution in [2.45, 2.75) is 31.5 Å². The van der Waals surface area contributed by atoms with E-state index in [2.05, 4.69) is 11.2 Å². The number of hydrogen-bond donors (Lipinski definition) is 0. The van der Waals surface area contributed by atoms with Gasteiger partial charge < -0.3 is 9.64 Å². The molecule has 1 fully saturated rings. The number of benzene rings is 1. The summed E-state index contributed by atoms with van der Waals surface area (Å²) in [5, 5.41) is 14.2. The van der Waals surface area contributed by atoms with E-state index in [9.17, 15) is 28.0 Å². The lowest BCUT2D eigenvalue weighted by atomic mass is 10.0. The summed E-state index contributed by atoms with van der Waals surface area (Å²) in [5.41, 5.74) is 0.636. The Balaban J connectivity index is 1.57. The van der Waals surface area contributed by atoms with Crippen molar-refractivity contribution in [1.82, 2.24) is 14.7 Å². The normalized spacial score (nSPS) is 19.2. The van der Waals surface area contributed by atoms with Gasteiger partial charge in [-0.05, 0) is 31.0 Å². The molecule has 4 rings (SSSR count). The first-order chi connectivity index (χ1) is 15.6. The van der Waals surface area contributed by atoms with E-state index >= 15 is 0 Å². The molecule has 1 aliphatic heterocycles. The Bertz CT molecular complexity index is 1100. The number of fused-ring (bicyclic) bond motifs is 1. The maximum atomic E-state index is 13.1. The largest absolute Gasteiger partial charge is 0.411 e. The Hall–Kier alpha value is -2.90. The Morgan fingerprint density at radius 3 is 2.61 bits per heavy atom. The van der Waals surface area contributed by atoms with Crippen molar-refractivity contribution in [3.63, 3.8) is 0 Å². The van der Waals surface area contributed by atoms with E-state index in [0.29, 0.717) is 29.1 Å². The topological polar surface area (TPSA) is 88.2 Å². The third-order valence-corrected chi connectivity index (χ3v) is 5.98. The van der Waals surface area contributed by atoms with Crippen LogP contribution in [0.15, 0.2) is 30.3 Å². The van der Waals surface area contributed by atoms with Crippen molar-refractivity contribution < 1.29 is 27.5 Å². The number of halogens is 4. The minimum atomic E-state index is -4.49. The van der Waals surface area contributed by atoms with Gasteiger partial charge in [0, 0.05) is 23.6 Å². The molecule has 0 bridgehead atoms. The SMILES string of the molecule is N#CC1(CC(=O)CN2CC(COCC(F)(F)F)n3nc(-c4ccc(Cl)cc4)cc3C2=O)CC1. The lowest BCUT2D eigenvalue weighted by Crippen LogP contribution is -2.47. The highest BCUT2D eigenvalue weighted by Gasteiger charge is 2.45. The molecule has 1 unspecified atom stereocenters. The minimum absolute atomic E-state index is 0.0310. The molecule has 2 aromatic rings. The van der Waals surface area contributed by atoms with Crippen LogP contribution in [-0.4, -0.2) is 58.9 Å². The van der Waals surface area contributed by atoms with Crippen molar-refractivity contribution in [3.05, 3.63) is 41.0 Å². The summed E-state index contributed by atoms with van der Waals surface area (Å²) in [7, 11) is 0. The molecule has 0 spiro atoms. The van der Waals surface area contributed by atoms with E-state index in [-0.39, 0.29) is 37.6 Å². The average Bonchev–Trinajstić information content (AvgIpc) is 3.37. The molecule has 174 valence electrons. The Morgan fingerprint density at radius 1 is 1.30 bits per heavy atom. The summed E-state index contributed by atoms with van der Waals surface area (Å²) in [6.07, 6.45) is -3.14. The van der Waals surface area contributed by atoms with Gasteiger partial charge in [-0.25, -0.2) is 0 Å². The van der Waals surface area contributed by atoms with E-state index < -0.39 is 30.1 Å². The number of Topliss-reactive ketones (excluding diaryl/α,β-unsaturated/α-hetero) is 1. The molecule has 0 saturated heterocycles. The first-order valence-corrected chi connectivity index (χ1v) is 10.7. The highest BCUT2D eigenvalue weighted by molar-refractivity contribution is 6.30. The monoisotopic (exact) mass is 480 g/mol. The van der Waals surface area contributed by atoms with Gasteiger partial charge in [-0.2, -0.15) is 23.5 Å². The molecule has 2 heterocycles. The van der Waals surface area contributed by atoms with E-state index in [1.807, 2.05) is 0 Å². The van der Waals surface area contributed by atoms with Gasteiger partial charge in [0.2, 0.25) is 0 Å². The number of nitriles is 1. The van der Waals surface area contributed by atoms with Gasteiger partial charge in [-0.3, -0.25) is 14.3 Å². The standard InChI is InChI=1S/C22H20ClF3N4O3/c23-15-3-1-14(2-4-15)18-7-19-20(32)29(10-17(31)8-21(12-27)5-6-21)9-16(30(19)28-18)11-33-13-22(24,25)26/h1-4,7,16H,5-6,8-11,13H2. The van der Waals surface area contributed by atoms with Gasteiger partial charge in [0.05, 0.1) is 36.4 Å². The summed E-state index contributed by atoms with van der Waals surface area (Å²) in [5.74, 6) is -0.715. The van der Waals surface area contributed by atoms with Crippen molar-refractivity contribution in [1.29, 1.82) is 5.26 Å². The Morgan fingerprint density at radius 2 is 2.00 bits per heavy atom. The van der Waals surface area contributed by atoms with Gasteiger partial charge in [0.15, 0.2) is 5.78 Å². The lowest BCUT2D eigenvalue weighted by molar-refractivity contribution is -0.176. The second-order valence-corrected chi connectivity index (χ2v) is 8.88. The van der Waals surface area contributed by atoms with Gasteiger partial charge in [0.25, 0.3) is 5.91 Å². The molecule has 1 aromatic carbocycles. The molecule has 1 aromatic heterocycles. The van der Waals surface area contributed by atoms with E-state index in [4.69, 9.17) is 16.3 Å². The Labute approximate surface area is 192 Å². The van der Waals surface area contributed by atoms with Gasteiger partial charge in [-0.1, -0.05) is 23.7 Å². The van der Waals surface area contributed by atoms with Crippen LogP contribution in [0.2, 0.25) is 5.02 Å². The van der Waals surface area contributed by atoms with Crippen LogP contribution in [0.3, 0.4) is 0 Å². The number of aromatic nitrogens is 2. The fourth-order valence-corrected chi connectivity index (χ4v) is 3.99. The van der Waals surface area contributed by atoms with Gasteiger partial charge in [0.1, 0.15) is 12.3 Å². The van der Waals surface area contributed by atoms with Crippen LogP contribution in [0.5, 0.6) is 0 Å². The smallest absolute Gasteiger partial charge is 0.370 e. The van der Waals surface area contributed by atoms with Gasteiger partial charge in [-0.15, -0.1) is 0 Å². The van der Waals surface area contributed by atoms with Gasteiger partial charge >= 0.3 is 6.18 Å². The predicted octanol–water partition coefficient (Wildman–Crippen LogP) is 4.04. The number of ether oxygens (including phenoxy) is 1. The summed E-state index contributed by atoms with van der Waals surface area (Å²) in [4.78, 5) is 26.9. The molecule has 7 nitrogen and oxygen atoms in total. The molecule has 11 heteroatoms. The summed E-state index contributed by atoms with van der Waals surface area (Å²) in [6.45, 7) is -2.02. The Kier molecular flexibility index (Phi) is 6.20. The van der Waals surface area contributed by atoms with Crippen molar-refractivity contribution in [2.24, 2.45) is 5.41 Å². The summed E-state index contributed by atoms with van der Waals surface area (Å²) >= 11 is 5.92. The zero-order valence-electron chi connectivity index (χ0n) is 17.4. The fourth-order valence-electron chi connectivity index (χ4n) is 3.87. The molecule has 1 atom stereocenters. The number of rotatable bonds is 8. The minimum Gasteiger partial charge on any atom is -0.370 e. The van der Waals surface area contributed by atoms with Crippen LogP contribution in [0.1, 0.15) is 35.8 Å². The zero-order chi connectivity index (χ0) is 23.8. The molecule has 1 saturated carbocycles. The van der Waals surface area contributed by atoms with E-state index in [0.717, 1.165) is 0 Å². The molecule has 0 radical (unpaired) electrons. The molecule has 33 heavy (non-hydrogen) atoms. The third kappa shape index (κ3) is 5.37. The fraction of sp³-hybridized carbons (Fsp3) is 0.455. The highest BCUT2D eigenvalue weighted by Crippen LogP contribution is 2.48. The summed E-state index contributed by atoms with van der Waals surface area (Å²) < 4.78 is 43.9. The summed E-state index contributed by atoms with van der Waals surface area (Å²) in [6, 6.07) is 9.74. The number of alkyl halides is 3. The number of carbonyl (C=O) groups excluding carboxylic acids is 2. The van der Waals surface area contributed by atoms with E-state index in [1.54, 1.807) is 24.3 Å². The predicted molar refractivity (Wildman–Crippen MR) is 111 cm³/mol. The number of hydrogen-bond acceptors (Lipinski definition) is 5.